The fourth-order valence-corrected chi connectivity index (χ4v) is 0.179. The van der Waals surface area contributed by atoms with Gasteiger partial charge in [-0.1, -0.05) is 0 Å². The lowest BCUT2D eigenvalue weighted by Gasteiger charge is -1.77. The second-order valence-electron chi connectivity index (χ2n) is 1.29. The van der Waals surface area contributed by atoms with Gasteiger partial charge in [0.2, 0.25) is 0 Å². The van der Waals surface area contributed by atoms with Gasteiger partial charge in [-0.2, -0.15) is 0 Å². The topological polar surface area (TPSA) is 57.5 Å². The minimum absolute atomic E-state index is 0.212. The van der Waals surface area contributed by atoms with E-state index in [1.807, 2.05) is 0 Å². The summed E-state index contributed by atoms with van der Waals surface area (Å²) in [5.74, 6) is -0.267. The molecular weight excluding hydrogens is 144 g/mol. The van der Waals surface area contributed by atoms with Gasteiger partial charge in [0.25, 0.3) is 5.97 Å². The number of halogens is 1. The zero-order chi connectivity index (χ0) is 7.70. The quantitative estimate of drug-likeness (QED) is 0.576. The van der Waals surface area contributed by atoms with Gasteiger partial charge in [-0.15, -0.1) is 11.6 Å². The maximum atomic E-state index is 9.00. The molecule has 0 heterocycles. The maximum Gasteiger partial charge on any atom is 0.300 e. The predicted molar refractivity (Wildman–Crippen MR) is 35.7 cm³/mol. The van der Waals surface area contributed by atoms with E-state index in [0.717, 1.165) is 6.92 Å². The standard InChI is InChI=1S/C3H7ClO.C2H4O2/c4-2-1-3-5;1-2(3)4/h5H,1-3H2;1H3,(H,3,4). The van der Waals surface area contributed by atoms with Gasteiger partial charge >= 0.3 is 0 Å². The normalized spacial score (nSPS) is 7.44. The molecule has 0 atom stereocenters. The molecule has 0 rings (SSSR count). The highest BCUT2D eigenvalue weighted by atomic mass is 35.5. The molecule has 0 saturated carbocycles. The summed E-state index contributed by atoms with van der Waals surface area (Å²) in [5, 5.41) is 15.4. The van der Waals surface area contributed by atoms with Crippen molar-refractivity contribution in [1.29, 1.82) is 0 Å². The number of rotatable bonds is 2. The molecule has 0 radical (unpaired) electrons. The lowest BCUT2D eigenvalue weighted by Crippen LogP contribution is -1.79. The second-order valence-corrected chi connectivity index (χ2v) is 1.66. The van der Waals surface area contributed by atoms with Crippen molar-refractivity contribution in [2.75, 3.05) is 12.5 Å². The Balaban J connectivity index is 0. The van der Waals surface area contributed by atoms with Gasteiger partial charge in [-0.25, -0.2) is 0 Å². The van der Waals surface area contributed by atoms with Crippen LogP contribution in [-0.4, -0.2) is 28.7 Å². The summed E-state index contributed by atoms with van der Waals surface area (Å²) in [4.78, 5) is 9.00. The number of aliphatic hydroxyl groups is 1. The minimum Gasteiger partial charge on any atom is -0.481 e. The Morgan fingerprint density at radius 1 is 1.67 bits per heavy atom. The van der Waals surface area contributed by atoms with Crippen LogP contribution in [0.2, 0.25) is 0 Å². The summed E-state index contributed by atoms with van der Waals surface area (Å²) < 4.78 is 0. The van der Waals surface area contributed by atoms with E-state index in [1.165, 1.54) is 0 Å². The molecule has 4 heteroatoms. The molecule has 0 aliphatic carbocycles. The van der Waals surface area contributed by atoms with E-state index >= 15 is 0 Å². The molecule has 0 aliphatic heterocycles. The van der Waals surface area contributed by atoms with Gasteiger partial charge in [0, 0.05) is 19.4 Å². The van der Waals surface area contributed by atoms with Crippen molar-refractivity contribution in [1.82, 2.24) is 0 Å². The first-order valence-electron chi connectivity index (χ1n) is 2.51. The van der Waals surface area contributed by atoms with Gasteiger partial charge in [0.1, 0.15) is 0 Å². The molecule has 0 aromatic heterocycles. The lowest BCUT2D eigenvalue weighted by atomic mass is 10.5. The number of hydrogen-bond donors (Lipinski definition) is 2. The van der Waals surface area contributed by atoms with Crippen LogP contribution in [0.1, 0.15) is 13.3 Å². The third-order valence-electron chi connectivity index (χ3n) is 0.292. The molecule has 0 aromatic carbocycles. The van der Waals surface area contributed by atoms with Crippen molar-refractivity contribution < 1.29 is 15.0 Å². The summed E-state index contributed by atoms with van der Waals surface area (Å²) in [6, 6.07) is 0. The van der Waals surface area contributed by atoms with Gasteiger partial charge in [-0.05, 0) is 6.42 Å². The highest BCUT2D eigenvalue weighted by Crippen LogP contribution is 1.77. The van der Waals surface area contributed by atoms with Crippen LogP contribution in [0, 0.1) is 0 Å². The molecule has 0 bridgehead atoms. The summed E-state index contributed by atoms with van der Waals surface area (Å²) in [6.07, 6.45) is 0.710. The van der Waals surface area contributed by atoms with Gasteiger partial charge in [0.05, 0.1) is 0 Å². The maximum absolute atomic E-state index is 9.00. The highest BCUT2D eigenvalue weighted by molar-refractivity contribution is 6.17. The molecule has 0 amide bonds. The number of aliphatic carboxylic acids is 1. The van der Waals surface area contributed by atoms with Crippen LogP contribution in [0.15, 0.2) is 0 Å². The largest absolute Gasteiger partial charge is 0.481 e. The molecule has 0 aliphatic rings. The average Bonchev–Trinajstić information content (AvgIpc) is 1.66. The monoisotopic (exact) mass is 154 g/mol. The minimum atomic E-state index is -0.833. The summed E-state index contributed by atoms with van der Waals surface area (Å²) in [5.41, 5.74) is 0. The Hall–Kier alpha value is -0.280. The van der Waals surface area contributed by atoms with E-state index in [2.05, 4.69) is 0 Å². The summed E-state index contributed by atoms with van der Waals surface area (Å²) >= 11 is 5.14. The number of alkyl halides is 1. The summed E-state index contributed by atoms with van der Waals surface area (Å²) in [6.45, 7) is 1.30. The fourth-order valence-electron chi connectivity index (χ4n) is 0.0598. The van der Waals surface area contributed by atoms with E-state index in [0.29, 0.717) is 12.3 Å². The third kappa shape index (κ3) is 85.4. The molecule has 0 saturated heterocycles. The Morgan fingerprint density at radius 3 is 2.00 bits per heavy atom. The van der Waals surface area contributed by atoms with E-state index in [9.17, 15) is 0 Å². The van der Waals surface area contributed by atoms with E-state index in [-0.39, 0.29) is 6.61 Å². The van der Waals surface area contributed by atoms with Crippen molar-refractivity contribution in [3.05, 3.63) is 0 Å². The molecule has 9 heavy (non-hydrogen) atoms. The molecular formula is C5H11ClO3. The van der Waals surface area contributed by atoms with Crippen molar-refractivity contribution >= 4 is 17.6 Å². The number of carbonyl (C=O) groups is 1. The van der Waals surface area contributed by atoms with Crippen molar-refractivity contribution in [3.63, 3.8) is 0 Å². The van der Waals surface area contributed by atoms with Crippen molar-refractivity contribution in [2.45, 2.75) is 13.3 Å². The number of aliphatic hydroxyl groups excluding tert-OH is 1. The van der Waals surface area contributed by atoms with Crippen LogP contribution < -0.4 is 0 Å². The van der Waals surface area contributed by atoms with Crippen LogP contribution in [0.3, 0.4) is 0 Å². The van der Waals surface area contributed by atoms with Gasteiger partial charge < -0.3 is 10.2 Å². The first-order valence-corrected chi connectivity index (χ1v) is 3.05. The molecule has 0 spiro atoms. The van der Waals surface area contributed by atoms with Crippen LogP contribution >= 0.6 is 11.6 Å². The first kappa shape index (κ1) is 11.5. The van der Waals surface area contributed by atoms with Crippen molar-refractivity contribution in [3.8, 4) is 0 Å². The molecule has 0 aromatic rings. The molecule has 0 unspecified atom stereocenters. The van der Waals surface area contributed by atoms with Gasteiger partial charge in [-0.3, -0.25) is 4.79 Å². The highest BCUT2D eigenvalue weighted by Gasteiger charge is 1.71. The van der Waals surface area contributed by atoms with Gasteiger partial charge in [0.15, 0.2) is 0 Å². The molecule has 3 nitrogen and oxygen atoms in total. The Morgan fingerprint density at radius 2 is 2.00 bits per heavy atom. The Labute approximate surface area is 59.3 Å². The van der Waals surface area contributed by atoms with Crippen LogP contribution in [0.4, 0.5) is 0 Å². The third-order valence-corrected chi connectivity index (χ3v) is 0.559. The zero-order valence-corrected chi connectivity index (χ0v) is 6.06. The summed E-state index contributed by atoms with van der Waals surface area (Å²) in [7, 11) is 0. The first-order chi connectivity index (χ1) is 4.15. The Bertz CT molecular complexity index is 59.2. The number of carboxylic acid groups (broad SMARTS) is 1. The Kier molecular flexibility index (Phi) is 13.6. The van der Waals surface area contributed by atoms with Crippen LogP contribution in [0.5, 0.6) is 0 Å². The van der Waals surface area contributed by atoms with E-state index in [4.69, 9.17) is 26.6 Å². The van der Waals surface area contributed by atoms with Crippen LogP contribution in [-0.2, 0) is 4.79 Å². The average molecular weight is 155 g/mol. The van der Waals surface area contributed by atoms with Crippen molar-refractivity contribution in [2.24, 2.45) is 0 Å². The second kappa shape index (κ2) is 10.7. The smallest absolute Gasteiger partial charge is 0.300 e. The number of hydrogen-bond acceptors (Lipinski definition) is 2. The van der Waals surface area contributed by atoms with E-state index in [1.54, 1.807) is 0 Å². The number of carboxylic acids is 1. The fraction of sp³-hybridized carbons (Fsp3) is 0.800. The predicted octanol–water partition coefficient (Wildman–Crippen LogP) is 0.699. The SMILES string of the molecule is CC(=O)O.OCCCCl. The molecule has 56 valence electrons. The van der Waals surface area contributed by atoms with E-state index < -0.39 is 5.97 Å². The molecule has 0 fully saturated rings. The van der Waals surface area contributed by atoms with Crippen LogP contribution in [0.25, 0.3) is 0 Å². The lowest BCUT2D eigenvalue weighted by molar-refractivity contribution is -0.134. The zero-order valence-electron chi connectivity index (χ0n) is 5.30. The molecule has 2 N–H and O–H groups in total.